The van der Waals surface area contributed by atoms with Crippen molar-refractivity contribution >= 4 is 5.97 Å². The van der Waals surface area contributed by atoms with E-state index in [-0.39, 0.29) is 30.4 Å². The highest BCUT2D eigenvalue weighted by atomic mass is 16.5. The van der Waals surface area contributed by atoms with Crippen LogP contribution in [0.2, 0.25) is 0 Å². The monoisotopic (exact) mass is 590 g/mol. The summed E-state index contributed by atoms with van der Waals surface area (Å²) in [7, 11) is 0. The summed E-state index contributed by atoms with van der Waals surface area (Å²) in [5.74, 6) is -0.168. The molecule has 1 saturated heterocycles. The van der Waals surface area contributed by atoms with Gasteiger partial charge in [-0.15, -0.1) is 0 Å². The quantitative estimate of drug-likeness (QED) is 0.0566. The van der Waals surface area contributed by atoms with Crippen LogP contribution in [0, 0.1) is 0 Å². The molecule has 1 fully saturated rings. The predicted molar refractivity (Wildman–Crippen MR) is 175 cm³/mol. The molecule has 42 heavy (non-hydrogen) atoms. The van der Waals surface area contributed by atoms with Gasteiger partial charge in [0.25, 0.3) is 0 Å². The van der Waals surface area contributed by atoms with Gasteiger partial charge >= 0.3 is 5.97 Å². The highest BCUT2D eigenvalue weighted by Crippen LogP contribution is 2.28. The lowest BCUT2D eigenvalue weighted by Gasteiger charge is -2.22. The number of allylic oxidation sites excluding steroid dienone is 2. The van der Waals surface area contributed by atoms with E-state index in [0.717, 1.165) is 50.5 Å². The molecule has 2 heterocycles. The maximum Gasteiger partial charge on any atom is 0.334 e. The van der Waals surface area contributed by atoms with Crippen molar-refractivity contribution in [3.05, 3.63) is 23.8 Å². The molecule has 0 bridgehead atoms. The van der Waals surface area contributed by atoms with Crippen LogP contribution in [0.4, 0.5) is 0 Å². The lowest BCUT2D eigenvalue weighted by Crippen LogP contribution is -2.31. The molecule has 244 valence electrons. The molecule has 0 unspecified atom stereocenters. The first kappa shape index (κ1) is 37.0. The summed E-state index contributed by atoms with van der Waals surface area (Å²) in [4.78, 5) is 11.6. The van der Waals surface area contributed by atoms with Crippen molar-refractivity contribution in [3.63, 3.8) is 0 Å². The molecular weight excluding hydrogens is 524 g/mol. The number of hydrogen-bond acceptors (Lipinski definition) is 5. The summed E-state index contributed by atoms with van der Waals surface area (Å²) in [6.45, 7) is 4.17. The first-order chi connectivity index (χ1) is 20.5. The Morgan fingerprint density at radius 1 is 0.714 bits per heavy atom. The normalized spacial score (nSPS) is 22.1. The standard InChI is InChI=1S/C37H66O5/c1-3-4-5-6-7-8-9-10-14-17-20-23-26-33(38)35-28-29-36(42-35)34(39)27-24-21-18-15-12-11-13-16-19-22-25-32-30-31(2)41-37(32)40/h19,22,30-31,33-36,38-39H,3-18,20-21,23-29H2,1-2H3/b22-19+/t31-,33+,34-,35+,36-/m0/s1. The summed E-state index contributed by atoms with van der Waals surface area (Å²) in [5.41, 5.74) is 0.783. The van der Waals surface area contributed by atoms with E-state index in [1.165, 1.54) is 109 Å². The predicted octanol–water partition coefficient (Wildman–Crippen LogP) is 9.68. The number of rotatable bonds is 27. The van der Waals surface area contributed by atoms with Crippen LogP contribution in [-0.2, 0) is 14.3 Å². The summed E-state index contributed by atoms with van der Waals surface area (Å²) in [6, 6.07) is 0. The number of carbonyl (C=O) groups is 1. The number of carbonyl (C=O) groups excluding carboxylic acids is 1. The maximum atomic E-state index is 11.6. The number of esters is 1. The second-order valence-corrected chi connectivity index (χ2v) is 13.1. The minimum atomic E-state index is -0.398. The number of cyclic esters (lactones) is 1. The van der Waals surface area contributed by atoms with E-state index >= 15 is 0 Å². The van der Waals surface area contributed by atoms with Gasteiger partial charge < -0.3 is 19.7 Å². The number of aliphatic hydroxyl groups is 2. The molecule has 2 aliphatic heterocycles. The Bertz CT molecular complexity index is 732. The summed E-state index contributed by atoms with van der Waals surface area (Å²) >= 11 is 0. The molecule has 0 aromatic heterocycles. The molecule has 5 nitrogen and oxygen atoms in total. The average Bonchev–Trinajstić information content (AvgIpc) is 3.60. The second-order valence-electron chi connectivity index (χ2n) is 13.1. The molecule has 0 radical (unpaired) electrons. The zero-order valence-corrected chi connectivity index (χ0v) is 27.4. The fraction of sp³-hybridized carbons (Fsp3) is 0.865. The molecular formula is C37H66O5. The van der Waals surface area contributed by atoms with Crippen LogP contribution in [0.25, 0.3) is 0 Å². The Labute approximate surface area is 258 Å². The summed E-state index contributed by atoms with van der Waals surface area (Å²) in [5, 5.41) is 21.3. The molecule has 2 N–H and O–H groups in total. The van der Waals surface area contributed by atoms with Crippen LogP contribution in [0.15, 0.2) is 23.8 Å². The highest BCUT2D eigenvalue weighted by Gasteiger charge is 2.34. The van der Waals surface area contributed by atoms with Gasteiger partial charge in [0.1, 0.15) is 6.10 Å². The van der Waals surface area contributed by atoms with Gasteiger partial charge in [-0.05, 0) is 57.9 Å². The van der Waals surface area contributed by atoms with Crippen LogP contribution >= 0.6 is 0 Å². The van der Waals surface area contributed by atoms with Gasteiger partial charge in [-0.1, -0.05) is 135 Å². The largest absolute Gasteiger partial charge is 0.455 e. The Kier molecular flexibility index (Phi) is 21.3. The van der Waals surface area contributed by atoms with E-state index in [2.05, 4.69) is 19.1 Å². The van der Waals surface area contributed by atoms with Gasteiger partial charge in [0.05, 0.1) is 24.4 Å². The van der Waals surface area contributed by atoms with E-state index in [4.69, 9.17) is 9.47 Å². The first-order valence-corrected chi connectivity index (χ1v) is 18.1. The van der Waals surface area contributed by atoms with Crippen molar-refractivity contribution in [2.45, 2.75) is 205 Å². The SMILES string of the molecule is CCCCCCCCCCCCCC[C@@H](O)[C@H]1CC[C@@H]([C@@H](O)CCCCCCCCC/C=C/CC2=C[C@H](C)OC2=O)O1. The van der Waals surface area contributed by atoms with Crippen LogP contribution < -0.4 is 0 Å². The fourth-order valence-corrected chi connectivity index (χ4v) is 6.43. The smallest absolute Gasteiger partial charge is 0.334 e. The molecule has 0 spiro atoms. The molecule has 2 aliphatic rings. The van der Waals surface area contributed by atoms with Crippen LogP contribution in [0.1, 0.15) is 174 Å². The van der Waals surface area contributed by atoms with Gasteiger partial charge in [-0.2, -0.15) is 0 Å². The zero-order valence-electron chi connectivity index (χ0n) is 27.4. The molecule has 0 saturated carbocycles. The van der Waals surface area contributed by atoms with E-state index in [9.17, 15) is 15.0 Å². The zero-order chi connectivity index (χ0) is 30.3. The highest BCUT2D eigenvalue weighted by molar-refractivity contribution is 5.91. The van der Waals surface area contributed by atoms with Crippen molar-refractivity contribution in [3.8, 4) is 0 Å². The van der Waals surface area contributed by atoms with Gasteiger partial charge in [-0.25, -0.2) is 4.79 Å². The Balaban J connectivity index is 1.35. The van der Waals surface area contributed by atoms with Crippen molar-refractivity contribution in [2.75, 3.05) is 0 Å². The fourth-order valence-electron chi connectivity index (χ4n) is 6.43. The number of hydrogen-bond donors (Lipinski definition) is 2. The van der Waals surface area contributed by atoms with Gasteiger partial charge in [0.15, 0.2) is 0 Å². The van der Waals surface area contributed by atoms with Gasteiger partial charge in [-0.3, -0.25) is 0 Å². The lowest BCUT2D eigenvalue weighted by molar-refractivity contribution is -0.139. The van der Waals surface area contributed by atoms with E-state index in [0.29, 0.717) is 6.42 Å². The van der Waals surface area contributed by atoms with Crippen molar-refractivity contribution < 1.29 is 24.5 Å². The lowest BCUT2D eigenvalue weighted by atomic mass is 10.00. The number of aliphatic hydroxyl groups excluding tert-OH is 2. The first-order valence-electron chi connectivity index (χ1n) is 18.1. The molecule has 0 aliphatic carbocycles. The van der Waals surface area contributed by atoms with Gasteiger partial charge in [0.2, 0.25) is 0 Å². The van der Waals surface area contributed by atoms with E-state index in [1.54, 1.807) is 0 Å². The molecule has 0 aromatic carbocycles. The van der Waals surface area contributed by atoms with Crippen LogP contribution in [-0.4, -0.2) is 46.7 Å². The van der Waals surface area contributed by atoms with Gasteiger partial charge in [0, 0.05) is 5.57 Å². The third-order valence-electron chi connectivity index (χ3n) is 9.16. The third-order valence-corrected chi connectivity index (χ3v) is 9.16. The average molecular weight is 591 g/mol. The Morgan fingerprint density at radius 3 is 1.62 bits per heavy atom. The molecule has 0 aromatic rings. The topological polar surface area (TPSA) is 76.0 Å². The molecule has 5 atom stereocenters. The maximum absolute atomic E-state index is 11.6. The van der Waals surface area contributed by atoms with E-state index < -0.39 is 6.10 Å². The van der Waals surface area contributed by atoms with Crippen molar-refractivity contribution in [2.24, 2.45) is 0 Å². The minimum absolute atomic E-state index is 0.0785. The third kappa shape index (κ3) is 17.2. The molecule has 5 heteroatoms. The van der Waals surface area contributed by atoms with Crippen LogP contribution in [0.5, 0.6) is 0 Å². The van der Waals surface area contributed by atoms with Crippen LogP contribution in [0.3, 0.4) is 0 Å². The van der Waals surface area contributed by atoms with E-state index in [1.807, 2.05) is 13.0 Å². The Hall–Kier alpha value is -1.17. The molecule has 0 amide bonds. The number of unbranched alkanes of at least 4 members (excludes halogenated alkanes) is 18. The number of ether oxygens (including phenoxy) is 2. The second kappa shape index (κ2) is 24.2. The minimum Gasteiger partial charge on any atom is -0.455 e. The van der Waals surface area contributed by atoms with Crippen molar-refractivity contribution in [1.82, 2.24) is 0 Å². The van der Waals surface area contributed by atoms with Crippen molar-refractivity contribution in [1.29, 1.82) is 0 Å². The summed E-state index contributed by atoms with van der Waals surface area (Å²) in [6.07, 6.45) is 34.7. The summed E-state index contributed by atoms with van der Waals surface area (Å²) < 4.78 is 11.2. The Morgan fingerprint density at radius 2 is 1.17 bits per heavy atom. The molecule has 2 rings (SSSR count).